The van der Waals surface area contributed by atoms with Gasteiger partial charge in [0, 0.05) is 12.5 Å². The zero-order valence-corrected chi connectivity index (χ0v) is 7.00. The molecule has 1 nitrogen and oxygen atoms in total. The maximum absolute atomic E-state index is 12.6. The third-order valence-electron chi connectivity index (χ3n) is 1.64. The van der Waals surface area contributed by atoms with E-state index in [4.69, 9.17) is 5.11 Å². The van der Waals surface area contributed by atoms with Gasteiger partial charge in [-0.15, -0.1) is 6.58 Å². The van der Waals surface area contributed by atoms with Crippen LogP contribution in [-0.4, -0.2) is 11.2 Å². The Labute approximate surface area is 75.3 Å². The van der Waals surface area contributed by atoms with Crippen LogP contribution in [0.1, 0.15) is 5.56 Å². The lowest BCUT2D eigenvalue weighted by Crippen LogP contribution is -2.06. The van der Waals surface area contributed by atoms with Gasteiger partial charge in [0.15, 0.2) is 0 Å². The first-order valence-corrected chi connectivity index (χ1v) is 3.87. The third-order valence-corrected chi connectivity index (χ3v) is 1.64. The summed E-state index contributed by atoms with van der Waals surface area (Å²) in [4.78, 5) is 0. The van der Waals surface area contributed by atoms with E-state index in [1.165, 1.54) is 18.2 Å². The van der Waals surface area contributed by atoms with Gasteiger partial charge in [-0.05, 0) is 17.7 Å². The standard InChI is InChI=1S/C10H10F2O/c1-2-10(13)5-7-3-8(11)6-9(12)4-7/h2-4,6,10,13H,1,5H2. The molecule has 0 heterocycles. The van der Waals surface area contributed by atoms with Crippen molar-refractivity contribution in [2.75, 3.05) is 0 Å². The van der Waals surface area contributed by atoms with E-state index in [9.17, 15) is 8.78 Å². The minimum Gasteiger partial charge on any atom is -0.389 e. The van der Waals surface area contributed by atoms with Crippen molar-refractivity contribution in [1.82, 2.24) is 0 Å². The Morgan fingerprint density at radius 2 is 1.85 bits per heavy atom. The van der Waals surface area contributed by atoms with E-state index in [0.29, 0.717) is 5.56 Å². The van der Waals surface area contributed by atoms with Crippen molar-refractivity contribution >= 4 is 0 Å². The van der Waals surface area contributed by atoms with Crippen molar-refractivity contribution in [3.63, 3.8) is 0 Å². The fourth-order valence-electron chi connectivity index (χ4n) is 1.05. The second kappa shape index (κ2) is 4.14. The molecule has 1 aromatic rings. The molecule has 0 spiro atoms. The van der Waals surface area contributed by atoms with Crippen LogP contribution in [0.15, 0.2) is 30.9 Å². The monoisotopic (exact) mass is 184 g/mol. The van der Waals surface area contributed by atoms with Crippen LogP contribution in [0.5, 0.6) is 0 Å². The minimum atomic E-state index is -0.763. The van der Waals surface area contributed by atoms with Crippen molar-refractivity contribution in [3.05, 3.63) is 48.1 Å². The SMILES string of the molecule is C=CC(O)Cc1cc(F)cc(F)c1. The van der Waals surface area contributed by atoms with E-state index in [1.54, 1.807) is 0 Å². The highest BCUT2D eigenvalue weighted by Gasteiger charge is 2.04. The average Bonchev–Trinajstić information content (AvgIpc) is 2.02. The van der Waals surface area contributed by atoms with E-state index < -0.39 is 17.7 Å². The van der Waals surface area contributed by atoms with Gasteiger partial charge >= 0.3 is 0 Å². The van der Waals surface area contributed by atoms with Crippen molar-refractivity contribution in [3.8, 4) is 0 Å². The molecule has 0 aliphatic rings. The first kappa shape index (κ1) is 9.86. The van der Waals surface area contributed by atoms with Gasteiger partial charge in [-0.2, -0.15) is 0 Å². The number of aliphatic hydroxyl groups is 1. The number of aliphatic hydroxyl groups excluding tert-OH is 1. The summed E-state index contributed by atoms with van der Waals surface area (Å²) in [6.07, 6.45) is 0.738. The normalized spacial score (nSPS) is 12.5. The Morgan fingerprint density at radius 3 is 2.31 bits per heavy atom. The summed E-state index contributed by atoms with van der Waals surface area (Å²) in [5, 5.41) is 9.13. The highest BCUT2D eigenvalue weighted by molar-refractivity contribution is 5.19. The van der Waals surface area contributed by atoms with E-state index in [1.807, 2.05) is 0 Å². The maximum atomic E-state index is 12.6. The van der Waals surface area contributed by atoms with Gasteiger partial charge in [0.05, 0.1) is 6.10 Å². The summed E-state index contributed by atoms with van der Waals surface area (Å²) in [6.45, 7) is 3.36. The van der Waals surface area contributed by atoms with Gasteiger partial charge in [-0.3, -0.25) is 0 Å². The Balaban J connectivity index is 2.82. The number of hydrogen-bond acceptors (Lipinski definition) is 1. The largest absolute Gasteiger partial charge is 0.389 e. The molecule has 3 heteroatoms. The smallest absolute Gasteiger partial charge is 0.126 e. The molecule has 0 bridgehead atoms. The molecule has 1 aromatic carbocycles. The molecule has 70 valence electrons. The molecule has 0 saturated heterocycles. The molecule has 1 rings (SSSR count). The maximum Gasteiger partial charge on any atom is 0.126 e. The summed E-state index contributed by atoms with van der Waals surface area (Å²) in [5.74, 6) is -1.27. The molecule has 0 radical (unpaired) electrons. The van der Waals surface area contributed by atoms with Gasteiger partial charge in [0.2, 0.25) is 0 Å². The Hall–Kier alpha value is -1.22. The quantitative estimate of drug-likeness (QED) is 0.713. The average molecular weight is 184 g/mol. The lowest BCUT2D eigenvalue weighted by atomic mass is 10.1. The molecular weight excluding hydrogens is 174 g/mol. The third kappa shape index (κ3) is 2.95. The first-order valence-electron chi connectivity index (χ1n) is 3.87. The molecule has 1 unspecified atom stereocenters. The van der Waals surface area contributed by atoms with Crippen LogP contribution in [0.2, 0.25) is 0 Å². The van der Waals surface area contributed by atoms with E-state index in [0.717, 1.165) is 6.07 Å². The molecule has 13 heavy (non-hydrogen) atoms. The highest BCUT2D eigenvalue weighted by atomic mass is 19.1. The highest BCUT2D eigenvalue weighted by Crippen LogP contribution is 2.10. The number of rotatable bonds is 3. The van der Waals surface area contributed by atoms with E-state index in [-0.39, 0.29) is 6.42 Å². The first-order chi connectivity index (χ1) is 6.11. The molecular formula is C10H10F2O. The van der Waals surface area contributed by atoms with Crippen LogP contribution < -0.4 is 0 Å². The minimum absolute atomic E-state index is 0.179. The zero-order valence-electron chi connectivity index (χ0n) is 7.00. The van der Waals surface area contributed by atoms with E-state index in [2.05, 4.69) is 6.58 Å². The fraction of sp³-hybridized carbons (Fsp3) is 0.200. The van der Waals surface area contributed by atoms with Gasteiger partial charge in [0.25, 0.3) is 0 Å². The number of hydrogen-bond donors (Lipinski definition) is 1. The molecule has 0 fully saturated rings. The lowest BCUT2D eigenvalue weighted by molar-refractivity contribution is 0.224. The van der Waals surface area contributed by atoms with Crippen LogP contribution >= 0.6 is 0 Å². The van der Waals surface area contributed by atoms with Crippen molar-refractivity contribution < 1.29 is 13.9 Å². The van der Waals surface area contributed by atoms with Crippen molar-refractivity contribution in [2.45, 2.75) is 12.5 Å². The fourth-order valence-corrected chi connectivity index (χ4v) is 1.05. The summed E-state index contributed by atoms with van der Waals surface area (Å²) in [7, 11) is 0. The van der Waals surface area contributed by atoms with Crippen LogP contribution in [0.3, 0.4) is 0 Å². The van der Waals surface area contributed by atoms with Crippen LogP contribution in [0, 0.1) is 11.6 Å². The van der Waals surface area contributed by atoms with Crippen molar-refractivity contribution in [1.29, 1.82) is 0 Å². The van der Waals surface area contributed by atoms with Gasteiger partial charge in [-0.1, -0.05) is 6.08 Å². The number of halogens is 2. The van der Waals surface area contributed by atoms with Gasteiger partial charge in [0.1, 0.15) is 11.6 Å². The number of benzene rings is 1. The summed E-state index contributed by atoms with van der Waals surface area (Å²) in [6, 6.07) is 3.18. The van der Waals surface area contributed by atoms with Crippen LogP contribution in [0.25, 0.3) is 0 Å². The van der Waals surface area contributed by atoms with Gasteiger partial charge in [-0.25, -0.2) is 8.78 Å². The summed E-state index contributed by atoms with van der Waals surface area (Å²) >= 11 is 0. The topological polar surface area (TPSA) is 20.2 Å². The summed E-state index contributed by atoms with van der Waals surface area (Å²) < 4.78 is 25.3. The Kier molecular flexibility index (Phi) is 3.14. The predicted molar refractivity (Wildman–Crippen MR) is 46.3 cm³/mol. The molecule has 0 aliphatic carbocycles. The Bertz CT molecular complexity index is 290. The van der Waals surface area contributed by atoms with Gasteiger partial charge < -0.3 is 5.11 Å². The second-order valence-corrected chi connectivity index (χ2v) is 2.78. The van der Waals surface area contributed by atoms with Crippen LogP contribution in [-0.2, 0) is 6.42 Å². The molecule has 0 saturated carbocycles. The molecule has 1 N–H and O–H groups in total. The van der Waals surface area contributed by atoms with Crippen molar-refractivity contribution in [2.24, 2.45) is 0 Å². The summed E-state index contributed by atoms with van der Waals surface area (Å²) in [5.41, 5.74) is 0.421. The van der Waals surface area contributed by atoms with Crippen LogP contribution in [0.4, 0.5) is 8.78 Å². The lowest BCUT2D eigenvalue weighted by Gasteiger charge is -2.05. The molecule has 0 aliphatic heterocycles. The Morgan fingerprint density at radius 1 is 1.31 bits per heavy atom. The molecule has 0 aromatic heterocycles. The predicted octanol–water partition coefficient (Wildman–Crippen LogP) is 2.05. The molecule has 0 amide bonds. The molecule has 1 atom stereocenters. The van der Waals surface area contributed by atoms with E-state index >= 15 is 0 Å². The second-order valence-electron chi connectivity index (χ2n) is 2.78. The zero-order chi connectivity index (χ0) is 9.84.